The van der Waals surface area contributed by atoms with E-state index >= 15 is 0 Å². The Morgan fingerprint density at radius 1 is 1.22 bits per heavy atom. The molecule has 2 aliphatic carbocycles. The van der Waals surface area contributed by atoms with E-state index in [2.05, 4.69) is 11.9 Å². The van der Waals surface area contributed by atoms with Crippen LogP contribution in [0, 0.1) is 11.8 Å². The Morgan fingerprint density at radius 3 is 2.81 bits per heavy atom. The van der Waals surface area contributed by atoms with Gasteiger partial charge in [-0.15, -0.1) is 0 Å². The molecule has 6 nitrogen and oxygen atoms in total. The molecule has 0 unspecified atom stereocenters. The number of aliphatic hydroxyl groups excluding tert-OH is 1. The van der Waals surface area contributed by atoms with E-state index in [0.29, 0.717) is 46.5 Å². The SMILES string of the molecule is C=Cc1cc(-c2cccc(NC(=O)CCN)c2)c(Cl)cc1C1=C(O)[C@]2(CC[C@@H]3CCC[C@@H]3C2)OC1=O. The van der Waals surface area contributed by atoms with Gasteiger partial charge in [0.1, 0.15) is 5.57 Å². The number of fused-ring (bicyclic) bond motifs is 1. The zero-order valence-corrected chi connectivity index (χ0v) is 20.9. The van der Waals surface area contributed by atoms with Gasteiger partial charge in [-0.3, -0.25) is 4.79 Å². The molecule has 3 aliphatic rings. The summed E-state index contributed by atoms with van der Waals surface area (Å²) in [6, 6.07) is 10.9. The van der Waals surface area contributed by atoms with Gasteiger partial charge >= 0.3 is 5.97 Å². The van der Waals surface area contributed by atoms with Crippen LogP contribution in [-0.4, -0.2) is 29.1 Å². The van der Waals surface area contributed by atoms with Crippen molar-refractivity contribution in [2.45, 2.75) is 50.5 Å². The van der Waals surface area contributed by atoms with Crippen molar-refractivity contribution >= 4 is 40.8 Å². The second kappa shape index (κ2) is 9.75. The topological polar surface area (TPSA) is 102 Å². The van der Waals surface area contributed by atoms with Crippen LogP contribution in [0.1, 0.15) is 56.1 Å². The third-order valence-corrected chi connectivity index (χ3v) is 8.26. The Bertz CT molecular complexity index is 1270. The number of aliphatic hydroxyl groups is 1. The Balaban J connectivity index is 1.51. The highest BCUT2D eigenvalue weighted by Crippen LogP contribution is 2.53. The number of halogens is 1. The van der Waals surface area contributed by atoms with Crippen molar-refractivity contribution in [2.75, 3.05) is 11.9 Å². The summed E-state index contributed by atoms with van der Waals surface area (Å²) in [7, 11) is 0. The molecule has 0 aromatic heterocycles. The molecular formula is C29H31ClN2O4. The normalized spacial score (nSPS) is 25.1. The highest BCUT2D eigenvalue weighted by atomic mass is 35.5. The predicted octanol–water partition coefficient (Wildman–Crippen LogP) is 6.10. The number of carbonyl (C=O) groups is 2. The maximum Gasteiger partial charge on any atom is 0.343 e. The van der Waals surface area contributed by atoms with Crippen LogP contribution in [0.3, 0.4) is 0 Å². The summed E-state index contributed by atoms with van der Waals surface area (Å²) in [4.78, 5) is 25.1. The van der Waals surface area contributed by atoms with Crippen LogP contribution in [0.15, 0.2) is 48.7 Å². The molecule has 2 aromatic carbocycles. The first-order chi connectivity index (χ1) is 17.3. The van der Waals surface area contributed by atoms with Gasteiger partial charge in [0.05, 0.1) is 0 Å². The minimum atomic E-state index is -0.933. The van der Waals surface area contributed by atoms with Gasteiger partial charge in [0.2, 0.25) is 5.91 Å². The molecule has 0 radical (unpaired) electrons. The molecular weight excluding hydrogens is 476 g/mol. The van der Waals surface area contributed by atoms with E-state index in [4.69, 9.17) is 22.1 Å². The minimum absolute atomic E-state index is 0.0226. The smallest absolute Gasteiger partial charge is 0.343 e. The Kier molecular flexibility index (Phi) is 6.66. The number of hydrogen-bond donors (Lipinski definition) is 3. The van der Waals surface area contributed by atoms with E-state index in [1.807, 2.05) is 24.3 Å². The number of hydrogen-bond acceptors (Lipinski definition) is 5. The van der Waals surface area contributed by atoms with Gasteiger partial charge in [0.15, 0.2) is 11.4 Å². The number of anilines is 1. The Hall–Kier alpha value is -3.09. The average molecular weight is 507 g/mol. The fraction of sp³-hybridized carbons (Fsp3) is 0.379. The van der Waals surface area contributed by atoms with Crippen LogP contribution in [0.4, 0.5) is 5.69 Å². The zero-order chi connectivity index (χ0) is 25.4. The van der Waals surface area contributed by atoms with Gasteiger partial charge in [-0.1, -0.05) is 55.7 Å². The summed E-state index contributed by atoms with van der Waals surface area (Å²) in [6.45, 7) is 4.21. The number of amides is 1. The fourth-order valence-corrected chi connectivity index (χ4v) is 6.44. The largest absolute Gasteiger partial charge is 0.507 e. The van der Waals surface area contributed by atoms with Crippen molar-refractivity contribution in [1.29, 1.82) is 0 Å². The first-order valence-electron chi connectivity index (χ1n) is 12.6. The number of carbonyl (C=O) groups excluding carboxylic acids is 2. The lowest BCUT2D eigenvalue weighted by molar-refractivity contribution is -0.152. The molecule has 1 aliphatic heterocycles. The second-order valence-corrected chi connectivity index (χ2v) is 10.5. The molecule has 2 saturated carbocycles. The molecule has 4 N–H and O–H groups in total. The standard InChI is InChI=1S/C29H31ClN2O4/c1-2-17-14-22(19-6-4-8-21(13-19)32-25(33)10-12-31)24(30)15-23(17)26-27(34)29(36-28(26)35)11-9-18-5-3-7-20(18)16-29/h2,4,6,8,13-15,18,20,34H,1,3,5,7,9-12,16,31H2,(H,32,33)/t18-,20+,29+/m0/s1. The lowest BCUT2D eigenvalue weighted by Gasteiger charge is -2.38. The monoisotopic (exact) mass is 506 g/mol. The Labute approximate surface area is 216 Å². The van der Waals surface area contributed by atoms with Crippen LogP contribution in [0.5, 0.6) is 0 Å². The molecule has 2 aromatic rings. The minimum Gasteiger partial charge on any atom is -0.507 e. The van der Waals surface area contributed by atoms with E-state index in [-0.39, 0.29) is 30.2 Å². The molecule has 5 rings (SSSR count). The van der Waals surface area contributed by atoms with Gasteiger partial charge in [-0.25, -0.2) is 4.79 Å². The summed E-state index contributed by atoms with van der Waals surface area (Å²) in [6.07, 6.45) is 7.71. The molecule has 0 bridgehead atoms. The van der Waals surface area contributed by atoms with E-state index in [1.54, 1.807) is 18.2 Å². The van der Waals surface area contributed by atoms with Crippen molar-refractivity contribution in [3.05, 3.63) is 64.9 Å². The molecule has 36 heavy (non-hydrogen) atoms. The quantitative estimate of drug-likeness (QED) is 0.411. The number of nitrogens with two attached hydrogens (primary N) is 1. The van der Waals surface area contributed by atoms with Crippen molar-refractivity contribution in [3.63, 3.8) is 0 Å². The average Bonchev–Trinajstić information content (AvgIpc) is 3.40. The van der Waals surface area contributed by atoms with Crippen molar-refractivity contribution in [3.8, 4) is 11.1 Å². The molecule has 1 amide bonds. The summed E-state index contributed by atoms with van der Waals surface area (Å²) in [5.41, 5.74) is 8.04. The molecule has 1 heterocycles. The first kappa shape index (κ1) is 24.6. The fourth-order valence-electron chi connectivity index (χ4n) is 6.17. The number of esters is 1. The number of ether oxygens (including phenoxy) is 1. The van der Waals surface area contributed by atoms with E-state index in [1.165, 1.54) is 12.8 Å². The third kappa shape index (κ3) is 4.33. The maximum absolute atomic E-state index is 13.1. The van der Waals surface area contributed by atoms with Gasteiger partial charge < -0.3 is 20.9 Å². The van der Waals surface area contributed by atoms with Crippen LogP contribution in [0.25, 0.3) is 22.8 Å². The third-order valence-electron chi connectivity index (χ3n) is 7.95. The lowest BCUT2D eigenvalue weighted by atomic mass is 9.72. The summed E-state index contributed by atoms with van der Waals surface area (Å²) in [5, 5.41) is 14.6. The number of benzene rings is 2. The molecule has 3 atom stereocenters. The van der Waals surface area contributed by atoms with Crippen LogP contribution < -0.4 is 11.1 Å². The maximum atomic E-state index is 13.1. The molecule has 7 heteroatoms. The van der Waals surface area contributed by atoms with E-state index < -0.39 is 11.6 Å². The van der Waals surface area contributed by atoms with Crippen molar-refractivity contribution in [1.82, 2.24) is 0 Å². The Morgan fingerprint density at radius 2 is 2.03 bits per heavy atom. The van der Waals surface area contributed by atoms with Gasteiger partial charge in [0.25, 0.3) is 0 Å². The number of rotatable bonds is 6. The molecule has 0 saturated heterocycles. The van der Waals surface area contributed by atoms with Crippen molar-refractivity contribution < 1.29 is 19.4 Å². The van der Waals surface area contributed by atoms with Crippen LogP contribution in [-0.2, 0) is 14.3 Å². The molecule has 188 valence electrons. The highest BCUT2D eigenvalue weighted by Gasteiger charge is 2.53. The highest BCUT2D eigenvalue weighted by molar-refractivity contribution is 6.34. The summed E-state index contributed by atoms with van der Waals surface area (Å²) >= 11 is 6.73. The van der Waals surface area contributed by atoms with Gasteiger partial charge in [0, 0.05) is 34.8 Å². The predicted molar refractivity (Wildman–Crippen MR) is 142 cm³/mol. The zero-order valence-electron chi connectivity index (χ0n) is 20.2. The second-order valence-electron chi connectivity index (χ2n) is 10.1. The van der Waals surface area contributed by atoms with E-state index in [0.717, 1.165) is 24.0 Å². The van der Waals surface area contributed by atoms with Crippen molar-refractivity contribution in [2.24, 2.45) is 17.6 Å². The van der Waals surface area contributed by atoms with Crippen LogP contribution in [0.2, 0.25) is 5.02 Å². The van der Waals surface area contributed by atoms with Gasteiger partial charge in [-0.2, -0.15) is 0 Å². The molecule has 2 fully saturated rings. The molecule has 1 spiro atoms. The summed E-state index contributed by atoms with van der Waals surface area (Å²) in [5.74, 6) is 0.496. The van der Waals surface area contributed by atoms with Gasteiger partial charge in [-0.05, 0) is 66.5 Å². The van der Waals surface area contributed by atoms with Crippen LogP contribution >= 0.6 is 11.6 Å². The lowest BCUT2D eigenvalue weighted by Crippen LogP contribution is -2.40. The van der Waals surface area contributed by atoms with E-state index in [9.17, 15) is 14.7 Å². The summed E-state index contributed by atoms with van der Waals surface area (Å²) < 4.78 is 5.91. The number of nitrogens with one attached hydrogen (secondary N) is 1. The first-order valence-corrected chi connectivity index (χ1v) is 13.0.